The first-order valence-electron chi connectivity index (χ1n) is 9.68. The number of nitrogens with zero attached hydrogens (tertiary/aromatic N) is 2. The fourth-order valence-corrected chi connectivity index (χ4v) is 3.05. The lowest BCUT2D eigenvalue weighted by atomic mass is 10.1. The van der Waals surface area contributed by atoms with Crippen molar-refractivity contribution in [3.05, 3.63) is 64.2 Å². The Hall–Kier alpha value is -3.88. The van der Waals surface area contributed by atoms with E-state index in [1.165, 1.54) is 14.2 Å². The third kappa shape index (κ3) is 5.19. The highest BCUT2D eigenvalue weighted by atomic mass is 16.5. The molecule has 0 saturated carbocycles. The molecule has 1 heterocycles. The number of hydrogen-bond acceptors (Lipinski definition) is 6. The number of ether oxygens (including phenoxy) is 2. The van der Waals surface area contributed by atoms with Gasteiger partial charge in [0.05, 0.1) is 25.1 Å². The largest absolute Gasteiger partial charge is 0.497 e. The highest BCUT2D eigenvalue weighted by molar-refractivity contribution is 5.95. The molecule has 0 bridgehead atoms. The number of methoxy groups -OCH3 is 2. The monoisotopic (exact) mass is 424 g/mol. The molecule has 0 spiro atoms. The zero-order valence-electron chi connectivity index (χ0n) is 17.6. The molecule has 9 heteroatoms. The molecular weight excluding hydrogens is 400 g/mol. The lowest BCUT2D eigenvalue weighted by molar-refractivity contribution is 0.0792. The van der Waals surface area contributed by atoms with Crippen LogP contribution in [0.25, 0.3) is 10.9 Å². The molecular formula is C22H24N4O5. The Balaban J connectivity index is 1.55. The Morgan fingerprint density at radius 3 is 2.45 bits per heavy atom. The van der Waals surface area contributed by atoms with Gasteiger partial charge in [-0.05, 0) is 30.7 Å². The van der Waals surface area contributed by atoms with Crippen LogP contribution in [0.1, 0.15) is 27.4 Å². The first-order chi connectivity index (χ1) is 14.9. The Kier molecular flexibility index (Phi) is 6.86. The predicted molar refractivity (Wildman–Crippen MR) is 116 cm³/mol. The second-order valence-corrected chi connectivity index (χ2v) is 6.87. The van der Waals surface area contributed by atoms with Crippen molar-refractivity contribution in [2.75, 3.05) is 34.4 Å². The summed E-state index contributed by atoms with van der Waals surface area (Å²) >= 11 is 0. The molecule has 0 fully saturated rings. The summed E-state index contributed by atoms with van der Waals surface area (Å²) in [5.74, 6) is 0.343. The summed E-state index contributed by atoms with van der Waals surface area (Å²) in [4.78, 5) is 45.3. The number of rotatable bonds is 8. The molecule has 0 saturated heterocycles. The molecule has 2 aromatic carbocycles. The van der Waals surface area contributed by atoms with Crippen molar-refractivity contribution in [2.45, 2.75) is 6.42 Å². The molecule has 2 amide bonds. The maximum atomic E-state index is 12.7. The van der Waals surface area contributed by atoms with Crippen LogP contribution in [0.15, 0.2) is 47.3 Å². The standard InChI is InChI=1S/C22H24N4O5/c1-26(22(29)14-11-15(30-2)13-16(12-14)31-3)10-6-9-23-21(28)19-24-18-8-5-4-7-17(18)20(27)25-19/h4-5,7-8,11-13H,6,9-10H2,1-3H3,(H,23,28)(H,24,25,27). The van der Waals surface area contributed by atoms with Crippen molar-refractivity contribution < 1.29 is 19.1 Å². The van der Waals surface area contributed by atoms with E-state index in [1.807, 2.05) is 0 Å². The van der Waals surface area contributed by atoms with Gasteiger partial charge >= 0.3 is 0 Å². The van der Waals surface area contributed by atoms with Crippen LogP contribution >= 0.6 is 0 Å². The SMILES string of the molecule is COc1cc(OC)cc(C(=O)N(C)CCCNC(=O)c2nc3ccccc3c(=O)[nH]2)c1. The van der Waals surface area contributed by atoms with Gasteiger partial charge in [-0.25, -0.2) is 4.98 Å². The van der Waals surface area contributed by atoms with Gasteiger partial charge in [-0.1, -0.05) is 12.1 Å². The Bertz CT molecular complexity index is 1140. The lowest BCUT2D eigenvalue weighted by Gasteiger charge is -2.18. The van der Waals surface area contributed by atoms with Gasteiger partial charge in [-0.2, -0.15) is 0 Å². The average molecular weight is 424 g/mol. The van der Waals surface area contributed by atoms with Gasteiger partial charge in [-0.15, -0.1) is 0 Å². The van der Waals surface area contributed by atoms with E-state index in [1.54, 1.807) is 54.4 Å². The lowest BCUT2D eigenvalue weighted by Crippen LogP contribution is -2.32. The first kappa shape index (κ1) is 21.8. The minimum Gasteiger partial charge on any atom is -0.497 e. The summed E-state index contributed by atoms with van der Waals surface area (Å²) < 4.78 is 10.4. The summed E-state index contributed by atoms with van der Waals surface area (Å²) in [6, 6.07) is 11.8. The number of fused-ring (bicyclic) bond motifs is 1. The maximum Gasteiger partial charge on any atom is 0.287 e. The molecule has 3 aromatic rings. The van der Waals surface area contributed by atoms with E-state index in [0.29, 0.717) is 47.5 Å². The zero-order chi connectivity index (χ0) is 22.4. The van der Waals surface area contributed by atoms with E-state index >= 15 is 0 Å². The number of carbonyl (C=O) groups excluding carboxylic acids is 2. The number of aromatic amines is 1. The number of H-pyrrole nitrogens is 1. The minimum absolute atomic E-state index is 0.0448. The van der Waals surface area contributed by atoms with Crippen LogP contribution in [0.5, 0.6) is 11.5 Å². The molecule has 2 N–H and O–H groups in total. The fourth-order valence-electron chi connectivity index (χ4n) is 3.05. The minimum atomic E-state index is -0.477. The summed E-state index contributed by atoms with van der Waals surface area (Å²) in [7, 11) is 4.72. The smallest absolute Gasteiger partial charge is 0.287 e. The van der Waals surface area contributed by atoms with E-state index in [-0.39, 0.29) is 17.3 Å². The number of benzene rings is 2. The highest BCUT2D eigenvalue weighted by Crippen LogP contribution is 2.23. The number of nitrogens with one attached hydrogen (secondary N) is 2. The van der Waals surface area contributed by atoms with E-state index in [2.05, 4.69) is 15.3 Å². The maximum absolute atomic E-state index is 12.7. The van der Waals surface area contributed by atoms with Gasteiger partial charge in [0.15, 0.2) is 5.82 Å². The first-order valence-corrected chi connectivity index (χ1v) is 9.68. The van der Waals surface area contributed by atoms with Crippen LogP contribution < -0.4 is 20.3 Å². The van der Waals surface area contributed by atoms with Gasteiger partial charge in [-0.3, -0.25) is 14.4 Å². The van der Waals surface area contributed by atoms with Crippen molar-refractivity contribution >= 4 is 22.7 Å². The van der Waals surface area contributed by atoms with Gasteiger partial charge < -0.3 is 24.7 Å². The highest BCUT2D eigenvalue weighted by Gasteiger charge is 2.15. The summed E-state index contributed by atoms with van der Waals surface area (Å²) in [6.07, 6.45) is 0.521. The van der Waals surface area contributed by atoms with Crippen LogP contribution in [0.4, 0.5) is 0 Å². The van der Waals surface area contributed by atoms with Crippen molar-refractivity contribution in [3.8, 4) is 11.5 Å². The van der Waals surface area contributed by atoms with Crippen molar-refractivity contribution in [1.82, 2.24) is 20.2 Å². The Morgan fingerprint density at radius 2 is 1.77 bits per heavy atom. The van der Waals surface area contributed by atoms with E-state index in [4.69, 9.17) is 9.47 Å². The molecule has 0 aliphatic rings. The third-order valence-corrected chi connectivity index (χ3v) is 4.73. The Morgan fingerprint density at radius 1 is 1.10 bits per heavy atom. The van der Waals surface area contributed by atoms with Crippen LogP contribution in [0.2, 0.25) is 0 Å². The van der Waals surface area contributed by atoms with E-state index < -0.39 is 5.91 Å². The fraction of sp³-hybridized carbons (Fsp3) is 0.273. The third-order valence-electron chi connectivity index (χ3n) is 4.73. The number of amides is 2. The molecule has 0 radical (unpaired) electrons. The second kappa shape index (κ2) is 9.75. The number of hydrogen-bond donors (Lipinski definition) is 2. The molecule has 9 nitrogen and oxygen atoms in total. The molecule has 1 aromatic heterocycles. The van der Waals surface area contributed by atoms with Gasteiger partial charge in [0.1, 0.15) is 11.5 Å². The number of para-hydroxylation sites is 1. The van der Waals surface area contributed by atoms with Crippen molar-refractivity contribution in [3.63, 3.8) is 0 Å². The van der Waals surface area contributed by atoms with Crippen LogP contribution in [0, 0.1) is 0 Å². The molecule has 0 atom stereocenters. The Labute approximate surface area is 179 Å². The predicted octanol–water partition coefficient (Wildman–Crippen LogP) is 1.83. The molecule has 0 unspecified atom stereocenters. The molecule has 3 rings (SSSR count). The van der Waals surface area contributed by atoms with Crippen LogP contribution in [0.3, 0.4) is 0 Å². The van der Waals surface area contributed by atoms with E-state index in [9.17, 15) is 14.4 Å². The molecule has 162 valence electrons. The molecule has 31 heavy (non-hydrogen) atoms. The van der Waals surface area contributed by atoms with Crippen LogP contribution in [-0.4, -0.2) is 61.0 Å². The molecule has 0 aliphatic carbocycles. The second-order valence-electron chi connectivity index (χ2n) is 6.87. The van der Waals surface area contributed by atoms with Crippen molar-refractivity contribution in [2.24, 2.45) is 0 Å². The summed E-state index contributed by atoms with van der Waals surface area (Å²) in [5, 5.41) is 3.14. The van der Waals surface area contributed by atoms with Crippen molar-refractivity contribution in [1.29, 1.82) is 0 Å². The summed E-state index contributed by atoms with van der Waals surface area (Å²) in [6.45, 7) is 0.731. The molecule has 0 aliphatic heterocycles. The zero-order valence-corrected chi connectivity index (χ0v) is 17.6. The van der Waals surface area contributed by atoms with E-state index in [0.717, 1.165) is 0 Å². The summed E-state index contributed by atoms with van der Waals surface area (Å²) in [5.41, 5.74) is 0.533. The number of carbonyl (C=O) groups is 2. The van der Waals surface area contributed by atoms with Crippen LogP contribution in [-0.2, 0) is 0 Å². The average Bonchev–Trinajstić information content (AvgIpc) is 2.80. The van der Waals surface area contributed by atoms with Gasteiger partial charge in [0.2, 0.25) is 0 Å². The normalized spacial score (nSPS) is 10.5. The number of aromatic nitrogens is 2. The topological polar surface area (TPSA) is 114 Å². The quantitative estimate of drug-likeness (QED) is 0.534. The van der Waals surface area contributed by atoms with Gasteiger partial charge in [0.25, 0.3) is 17.4 Å². The van der Waals surface area contributed by atoms with Gasteiger partial charge in [0, 0.05) is 31.8 Å².